The number of hydrogen-bond donors (Lipinski definition) is 1. The van der Waals surface area contributed by atoms with Crippen molar-refractivity contribution in [2.75, 3.05) is 25.4 Å². The molecule has 1 rings (SSSR count). The van der Waals surface area contributed by atoms with E-state index in [2.05, 4.69) is 5.32 Å². The number of rotatable bonds is 5. The first-order valence-electron chi connectivity index (χ1n) is 7.32. The van der Waals surface area contributed by atoms with Gasteiger partial charge in [0.2, 0.25) is 10.0 Å². The number of nitrogens with one attached hydrogen (secondary N) is 1. The van der Waals surface area contributed by atoms with E-state index in [9.17, 15) is 8.42 Å². The molecule has 0 aromatic carbocycles. The number of hydrogen-bond acceptors (Lipinski definition) is 3. The first kappa shape index (κ1) is 16.9. The average molecular weight is 290 g/mol. The fourth-order valence-corrected chi connectivity index (χ4v) is 4.95. The molecule has 1 atom stereocenters. The summed E-state index contributed by atoms with van der Waals surface area (Å²) in [5, 5.41) is 3.36. The van der Waals surface area contributed by atoms with E-state index in [0.717, 1.165) is 25.9 Å². The van der Waals surface area contributed by atoms with Crippen molar-refractivity contribution in [2.24, 2.45) is 11.3 Å². The summed E-state index contributed by atoms with van der Waals surface area (Å²) in [6, 6.07) is 0.0364. The van der Waals surface area contributed by atoms with Crippen LogP contribution in [0, 0.1) is 11.3 Å². The third-order valence-corrected chi connectivity index (χ3v) is 5.90. The van der Waals surface area contributed by atoms with Gasteiger partial charge in [-0.2, -0.15) is 4.31 Å². The summed E-state index contributed by atoms with van der Waals surface area (Å²) < 4.78 is 26.8. The monoisotopic (exact) mass is 290 g/mol. The Bertz CT molecular complexity index is 365. The summed E-state index contributed by atoms with van der Waals surface area (Å²) in [7, 11) is -3.17. The minimum absolute atomic E-state index is 0.0364. The average Bonchev–Trinajstić information content (AvgIpc) is 2.23. The second kappa shape index (κ2) is 6.55. The standard InChI is InChI=1S/C14H30N2O2S/c1-12(2)16(10-13-7-6-8-15-9-13)19(17,18)11-14(3,4)5/h12-13,15H,6-11H2,1-5H3. The Balaban J connectivity index is 2.76. The molecule has 0 bridgehead atoms. The van der Waals surface area contributed by atoms with Crippen molar-refractivity contribution in [2.45, 2.75) is 53.5 Å². The van der Waals surface area contributed by atoms with E-state index in [1.165, 1.54) is 0 Å². The summed E-state index contributed by atoms with van der Waals surface area (Å²) in [5.74, 6) is 0.670. The van der Waals surface area contributed by atoms with Gasteiger partial charge in [-0.25, -0.2) is 8.42 Å². The Kier molecular flexibility index (Phi) is 5.83. The van der Waals surface area contributed by atoms with Gasteiger partial charge in [-0.1, -0.05) is 20.8 Å². The zero-order chi connectivity index (χ0) is 14.7. The fourth-order valence-electron chi connectivity index (χ4n) is 2.61. The van der Waals surface area contributed by atoms with Crippen LogP contribution in [0.1, 0.15) is 47.5 Å². The van der Waals surface area contributed by atoms with Crippen LogP contribution in [0.2, 0.25) is 0 Å². The predicted molar refractivity (Wildman–Crippen MR) is 80.7 cm³/mol. The highest BCUT2D eigenvalue weighted by atomic mass is 32.2. The molecule has 5 heteroatoms. The van der Waals surface area contributed by atoms with Crippen molar-refractivity contribution in [1.82, 2.24) is 9.62 Å². The normalized spacial score (nSPS) is 22.2. The molecule has 19 heavy (non-hydrogen) atoms. The Morgan fingerprint density at radius 1 is 1.32 bits per heavy atom. The van der Waals surface area contributed by atoms with E-state index in [0.29, 0.717) is 12.5 Å². The lowest BCUT2D eigenvalue weighted by atomic mass is 9.99. The molecule has 1 heterocycles. The summed E-state index contributed by atoms with van der Waals surface area (Å²) in [6.07, 6.45) is 2.27. The van der Waals surface area contributed by atoms with Crippen LogP contribution in [0.3, 0.4) is 0 Å². The Labute approximate surface area is 119 Å². The minimum atomic E-state index is -3.17. The van der Waals surface area contributed by atoms with Crippen LogP contribution in [-0.4, -0.2) is 44.2 Å². The summed E-state index contributed by atoms with van der Waals surface area (Å²) in [6.45, 7) is 12.5. The van der Waals surface area contributed by atoms with Gasteiger partial charge >= 0.3 is 0 Å². The van der Waals surface area contributed by atoms with E-state index in [4.69, 9.17) is 0 Å². The number of sulfonamides is 1. The second-order valence-electron chi connectivity index (χ2n) is 7.19. The Morgan fingerprint density at radius 2 is 1.95 bits per heavy atom. The third-order valence-electron chi connectivity index (χ3n) is 3.39. The molecule has 0 aromatic rings. The van der Waals surface area contributed by atoms with Crippen LogP contribution in [0.25, 0.3) is 0 Å². The van der Waals surface area contributed by atoms with Gasteiger partial charge in [-0.15, -0.1) is 0 Å². The smallest absolute Gasteiger partial charge is 0.214 e. The molecule has 0 aromatic heterocycles. The molecule has 1 aliphatic rings. The maximum Gasteiger partial charge on any atom is 0.214 e. The van der Waals surface area contributed by atoms with Gasteiger partial charge in [0.1, 0.15) is 0 Å². The van der Waals surface area contributed by atoms with Gasteiger partial charge in [0.05, 0.1) is 5.75 Å². The van der Waals surface area contributed by atoms with Crippen LogP contribution >= 0.6 is 0 Å². The van der Waals surface area contributed by atoms with Gasteiger partial charge in [0.25, 0.3) is 0 Å². The zero-order valence-electron chi connectivity index (χ0n) is 13.1. The molecule has 0 saturated carbocycles. The molecule has 1 N–H and O–H groups in total. The summed E-state index contributed by atoms with van der Waals surface area (Å²) >= 11 is 0. The molecule has 1 aliphatic heterocycles. The van der Waals surface area contributed by atoms with Gasteiger partial charge in [-0.05, 0) is 51.1 Å². The largest absolute Gasteiger partial charge is 0.316 e. The Morgan fingerprint density at radius 3 is 2.37 bits per heavy atom. The molecule has 1 fully saturated rings. The quantitative estimate of drug-likeness (QED) is 0.843. The number of piperidine rings is 1. The third kappa shape index (κ3) is 5.79. The highest BCUT2D eigenvalue weighted by Gasteiger charge is 2.31. The zero-order valence-corrected chi connectivity index (χ0v) is 13.9. The lowest BCUT2D eigenvalue weighted by molar-refractivity contribution is 0.261. The minimum Gasteiger partial charge on any atom is -0.316 e. The number of nitrogens with zero attached hydrogens (tertiary/aromatic N) is 1. The molecular weight excluding hydrogens is 260 g/mol. The lowest BCUT2D eigenvalue weighted by Gasteiger charge is -2.33. The Hall–Kier alpha value is -0.130. The van der Waals surface area contributed by atoms with Gasteiger partial charge in [-0.3, -0.25) is 0 Å². The second-order valence-corrected chi connectivity index (χ2v) is 9.11. The molecule has 0 amide bonds. The first-order valence-corrected chi connectivity index (χ1v) is 8.93. The predicted octanol–water partition coefficient (Wildman–Crippen LogP) is 2.07. The highest BCUT2D eigenvalue weighted by Crippen LogP contribution is 2.22. The van der Waals surface area contributed by atoms with E-state index in [1.807, 2.05) is 34.6 Å². The van der Waals surface area contributed by atoms with Crippen molar-refractivity contribution in [1.29, 1.82) is 0 Å². The van der Waals surface area contributed by atoms with Crippen molar-refractivity contribution in [3.05, 3.63) is 0 Å². The lowest BCUT2D eigenvalue weighted by Crippen LogP contribution is -2.46. The van der Waals surface area contributed by atoms with Gasteiger partial charge < -0.3 is 5.32 Å². The molecule has 0 aliphatic carbocycles. The highest BCUT2D eigenvalue weighted by molar-refractivity contribution is 7.89. The molecule has 114 valence electrons. The SMILES string of the molecule is CC(C)N(CC1CCCNC1)S(=O)(=O)CC(C)(C)C. The van der Waals surface area contributed by atoms with Crippen molar-refractivity contribution >= 4 is 10.0 Å². The van der Waals surface area contributed by atoms with Crippen LogP contribution in [0.5, 0.6) is 0 Å². The molecular formula is C14H30N2O2S. The van der Waals surface area contributed by atoms with E-state index in [1.54, 1.807) is 4.31 Å². The maximum absolute atomic E-state index is 12.6. The summed E-state index contributed by atoms with van der Waals surface area (Å²) in [5.41, 5.74) is -0.198. The van der Waals surface area contributed by atoms with Gasteiger partial charge in [0.15, 0.2) is 0 Å². The topological polar surface area (TPSA) is 49.4 Å². The van der Waals surface area contributed by atoms with Crippen LogP contribution in [0.4, 0.5) is 0 Å². The van der Waals surface area contributed by atoms with E-state index in [-0.39, 0.29) is 17.2 Å². The first-order chi connectivity index (χ1) is 8.62. The molecule has 4 nitrogen and oxygen atoms in total. The molecule has 0 spiro atoms. The fraction of sp³-hybridized carbons (Fsp3) is 1.00. The van der Waals surface area contributed by atoms with Crippen molar-refractivity contribution in [3.63, 3.8) is 0 Å². The van der Waals surface area contributed by atoms with E-state index >= 15 is 0 Å². The maximum atomic E-state index is 12.6. The van der Waals surface area contributed by atoms with Gasteiger partial charge in [0, 0.05) is 12.6 Å². The van der Waals surface area contributed by atoms with Crippen LogP contribution in [0.15, 0.2) is 0 Å². The van der Waals surface area contributed by atoms with Crippen LogP contribution in [-0.2, 0) is 10.0 Å². The molecule has 0 radical (unpaired) electrons. The van der Waals surface area contributed by atoms with Crippen molar-refractivity contribution < 1.29 is 8.42 Å². The molecule has 1 saturated heterocycles. The van der Waals surface area contributed by atoms with Crippen LogP contribution < -0.4 is 5.32 Å². The molecule has 1 unspecified atom stereocenters. The van der Waals surface area contributed by atoms with E-state index < -0.39 is 10.0 Å². The van der Waals surface area contributed by atoms with Crippen molar-refractivity contribution in [3.8, 4) is 0 Å². The summed E-state index contributed by atoms with van der Waals surface area (Å²) in [4.78, 5) is 0.